The molecular weight excluding hydrogens is 288 g/mol. The molecule has 0 spiro atoms. The van der Waals surface area contributed by atoms with Crippen molar-refractivity contribution in [2.75, 3.05) is 20.1 Å². The topological polar surface area (TPSA) is 41.6 Å². The minimum Gasteiger partial charge on any atom is -0.481 e. The third-order valence-electron chi connectivity index (χ3n) is 3.79. The number of benzene rings is 1. The van der Waals surface area contributed by atoms with Gasteiger partial charge in [0.2, 0.25) is 0 Å². The van der Waals surface area contributed by atoms with Gasteiger partial charge >= 0.3 is 0 Å². The highest BCUT2D eigenvalue weighted by molar-refractivity contribution is 5.85. The molecule has 1 saturated heterocycles. The van der Waals surface area contributed by atoms with Crippen molar-refractivity contribution >= 4 is 18.3 Å². The van der Waals surface area contributed by atoms with E-state index in [2.05, 4.69) is 5.32 Å². The lowest BCUT2D eigenvalue weighted by atomic mass is 10.1. The molecule has 1 aliphatic heterocycles. The molecule has 1 heterocycles. The summed E-state index contributed by atoms with van der Waals surface area (Å²) in [5.41, 5.74) is 1.13. The molecule has 1 fully saturated rings. The lowest BCUT2D eigenvalue weighted by Crippen LogP contribution is -2.50. The Hall–Kier alpha value is -1.26. The zero-order valence-corrected chi connectivity index (χ0v) is 13.8. The van der Waals surface area contributed by atoms with E-state index >= 15 is 0 Å². The second-order valence-corrected chi connectivity index (χ2v) is 5.49. The first kappa shape index (κ1) is 17.8. The van der Waals surface area contributed by atoms with Gasteiger partial charge < -0.3 is 15.0 Å². The molecule has 1 N–H and O–H groups in total. The number of carbonyl (C=O) groups excluding carboxylic acids is 1. The number of rotatable bonds is 4. The Morgan fingerprint density at radius 1 is 1.48 bits per heavy atom. The number of nitrogens with zero attached hydrogens (tertiary/aromatic N) is 1. The zero-order valence-electron chi connectivity index (χ0n) is 13.0. The van der Waals surface area contributed by atoms with Crippen molar-refractivity contribution in [3.8, 4) is 5.75 Å². The summed E-state index contributed by atoms with van der Waals surface area (Å²) in [4.78, 5) is 14.3. The molecule has 1 aromatic carbocycles. The Morgan fingerprint density at radius 3 is 2.90 bits per heavy atom. The summed E-state index contributed by atoms with van der Waals surface area (Å²) < 4.78 is 5.77. The maximum Gasteiger partial charge on any atom is 0.263 e. The molecule has 0 radical (unpaired) electrons. The normalized spacial score (nSPS) is 19.6. The maximum absolute atomic E-state index is 12.4. The quantitative estimate of drug-likeness (QED) is 0.928. The van der Waals surface area contributed by atoms with Gasteiger partial charge in [-0.15, -0.1) is 12.4 Å². The van der Waals surface area contributed by atoms with Crippen molar-refractivity contribution in [1.29, 1.82) is 0 Å². The van der Waals surface area contributed by atoms with Gasteiger partial charge in [0.1, 0.15) is 5.75 Å². The molecule has 2 unspecified atom stereocenters. The Bertz CT molecular complexity index is 467. The van der Waals surface area contributed by atoms with Gasteiger partial charge in [0.25, 0.3) is 5.91 Å². The molecule has 5 heteroatoms. The van der Waals surface area contributed by atoms with Crippen LogP contribution in [0.25, 0.3) is 0 Å². The van der Waals surface area contributed by atoms with Crippen LogP contribution in [0.4, 0.5) is 0 Å². The fourth-order valence-electron chi connectivity index (χ4n) is 2.61. The predicted molar refractivity (Wildman–Crippen MR) is 87.2 cm³/mol. The van der Waals surface area contributed by atoms with Gasteiger partial charge in [-0.1, -0.05) is 12.1 Å². The van der Waals surface area contributed by atoms with E-state index < -0.39 is 6.10 Å². The van der Waals surface area contributed by atoms with Crippen LogP contribution < -0.4 is 10.1 Å². The third-order valence-corrected chi connectivity index (χ3v) is 3.79. The van der Waals surface area contributed by atoms with Crippen molar-refractivity contribution in [3.63, 3.8) is 0 Å². The first-order valence-electron chi connectivity index (χ1n) is 7.29. The van der Waals surface area contributed by atoms with Crippen LogP contribution in [0, 0.1) is 6.92 Å². The van der Waals surface area contributed by atoms with Crippen molar-refractivity contribution < 1.29 is 9.53 Å². The first-order valence-corrected chi connectivity index (χ1v) is 7.29. The van der Waals surface area contributed by atoms with Gasteiger partial charge in [0.05, 0.1) is 0 Å². The van der Waals surface area contributed by atoms with E-state index in [4.69, 9.17) is 4.74 Å². The lowest BCUT2D eigenvalue weighted by molar-refractivity contribution is -0.139. The van der Waals surface area contributed by atoms with Crippen molar-refractivity contribution in [1.82, 2.24) is 10.2 Å². The van der Waals surface area contributed by atoms with Crippen LogP contribution in [-0.2, 0) is 4.79 Å². The van der Waals surface area contributed by atoms with Crippen LogP contribution in [0.15, 0.2) is 24.3 Å². The summed E-state index contributed by atoms with van der Waals surface area (Å²) in [6, 6.07) is 8.21. The molecule has 1 aromatic rings. The summed E-state index contributed by atoms with van der Waals surface area (Å²) in [6.45, 7) is 5.45. The number of aryl methyl sites for hydroxylation is 1. The van der Waals surface area contributed by atoms with E-state index in [9.17, 15) is 4.79 Å². The zero-order chi connectivity index (χ0) is 14.5. The number of nitrogens with one attached hydrogen (secondary N) is 1. The number of piperidine rings is 1. The number of ether oxygens (including phenoxy) is 1. The molecule has 1 amide bonds. The van der Waals surface area contributed by atoms with Crippen LogP contribution in [0.5, 0.6) is 5.75 Å². The fraction of sp³-hybridized carbons (Fsp3) is 0.562. The lowest BCUT2D eigenvalue weighted by Gasteiger charge is -2.34. The van der Waals surface area contributed by atoms with E-state index in [1.807, 2.05) is 50.1 Å². The molecule has 0 saturated carbocycles. The van der Waals surface area contributed by atoms with Gasteiger partial charge in [-0.05, 0) is 51.4 Å². The first-order chi connectivity index (χ1) is 9.60. The molecule has 2 atom stereocenters. The summed E-state index contributed by atoms with van der Waals surface area (Å²) >= 11 is 0. The van der Waals surface area contributed by atoms with Crippen LogP contribution in [-0.4, -0.2) is 43.1 Å². The molecule has 1 aliphatic rings. The highest BCUT2D eigenvalue weighted by Crippen LogP contribution is 2.17. The highest BCUT2D eigenvalue weighted by atomic mass is 35.5. The van der Waals surface area contributed by atoms with E-state index in [1.165, 1.54) is 0 Å². The minimum atomic E-state index is -0.438. The standard InChI is InChI=1S/C16H24N2O2.ClH/c1-12-6-4-8-15(10-12)20-13(2)16(19)18-9-5-7-14(11-18)17-3;/h4,6,8,10,13-14,17H,5,7,9,11H2,1-3H3;1H. The van der Waals surface area contributed by atoms with Gasteiger partial charge in [0.15, 0.2) is 6.10 Å². The highest BCUT2D eigenvalue weighted by Gasteiger charge is 2.27. The van der Waals surface area contributed by atoms with Gasteiger partial charge in [-0.2, -0.15) is 0 Å². The second kappa shape index (κ2) is 8.25. The smallest absolute Gasteiger partial charge is 0.263 e. The summed E-state index contributed by atoms with van der Waals surface area (Å²) in [5.74, 6) is 0.833. The van der Waals surface area contributed by atoms with E-state index in [-0.39, 0.29) is 18.3 Å². The molecule has 0 aliphatic carbocycles. The van der Waals surface area contributed by atoms with E-state index in [1.54, 1.807) is 0 Å². The number of hydrogen-bond donors (Lipinski definition) is 1. The number of likely N-dealkylation sites (tertiary alicyclic amines) is 1. The number of carbonyl (C=O) groups is 1. The molecular formula is C16H25ClN2O2. The fourth-order valence-corrected chi connectivity index (χ4v) is 2.61. The average molecular weight is 313 g/mol. The largest absolute Gasteiger partial charge is 0.481 e. The maximum atomic E-state index is 12.4. The molecule has 118 valence electrons. The van der Waals surface area contributed by atoms with Crippen LogP contribution in [0.1, 0.15) is 25.3 Å². The Morgan fingerprint density at radius 2 is 2.24 bits per heavy atom. The van der Waals surface area contributed by atoms with Crippen LogP contribution >= 0.6 is 12.4 Å². The van der Waals surface area contributed by atoms with E-state index in [0.717, 1.165) is 37.2 Å². The van der Waals surface area contributed by atoms with E-state index in [0.29, 0.717) is 6.04 Å². The van der Waals surface area contributed by atoms with Crippen molar-refractivity contribution in [2.24, 2.45) is 0 Å². The Kier molecular flexibility index (Phi) is 6.99. The summed E-state index contributed by atoms with van der Waals surface area (Å²) in [6.07, 6.45) is 1.74. The Labute approximate surface area is 133 Å². The minimum absolute atomic E-state index is 0. The van der Waals surface area contributed by atoms with Gasteiger partial charge in [0, 0.05) is 19.1 Å². The van der Waals surface area contributed by atoms with Gasteiger partial charge in [-0.3, -0.25) is 4.79 Å². The number of halogens is 1. The molecule has 21 heavy (non-hydrogen) atoms. The number of amides is 1. The molecule has 4 nitrogen and oxygen atoms in total. The summed E-state index contributed by atoms with van der Waals surface area (Å²) in [7, 11) is 1.95. The molecule has 2 rings (SSSR count). The number of hydrogen-bond acceptors (Lipinski definition) is 3. The van der Waals surface area contributed by atoms with Gasteiger partial charge in [-0.25, -0.2) is 0 Å². The third kappa shape index (κ3) is 4.90. The molecule has 0 aromatic heterocycles. The van der Waals surface area contributed by atoms with Crippen molar-refractivity contribution in [3.05, 3.63) is 29.8 Å². The van der Waals surface area contributed by atoms with Crippen LogP contribution in [0.3, 0.4) is 0 Å². The summed E-state index contributed by atoms with van der Waals surface area (Å²) in [5, 5.41) is 3.25. The SMILES string of the molecule is CNC1CCCN(C(=O)C(C)Oc2cccc(C)c2)C1.Cl. The number of likely N-dealkylation sites (N-methyl/N-ethyl adjacent to an activating group) is 1. The average Bonchev–Trinajstić information content (AvgIpc) is 2.46. The molecule has 0 bridgehead atoms. The van der Waals surface area contributed by atoms with Crippen LogP contribution in [0.2, 0.25) is 0 Å². The predicted octanol–water partition coefficient (Wildman–Crippen LogP) is 2.39. The second-order valence-electron chi connectivity index (χ2n) is 5.49. The van der Waals surface area contributed by atoms with Crippen molar-refractivity contribution in [2.45, 2.75) is 38.8 Å². The Balaban J connectivity index is 0.00000220. The monoisotopic (exact) mass is 312 g/mol.